The van der Waals surface area contributed by atoms with Crippen LogP contribution in [0.15, 0.2) is 0 Å². The molecular weight excluding hydrogens is 266 g/mol. The van der Waals surface area contributed by atoms with Gasteiger partial charge in [-0.1, -0.05) is 13.8 Å². The Kier molecular flexibility index (Phi) is 5.28. The molecule has 2 aliphatic rings. The summed E-state index contributed by atoms with van der Waals surface area (Å²) in [7, 11) is 4.29. The van der Waals surface area contributed by atoms with Gasteiger partial charge in [0.05, 0.1) is 0 Å². The predicted molar refractivity (Wildman–Crippen MR) is 84.5 cm³/mol. The Labute approximate surface area is 128 Å². The molecule has 2 rings (SSSR count). The van der Waals surface area contributed by atoms with Gasteiger partial charge >= 0.3 is 5.97 Å². The lowest BCUT2D eigenvalue weighted by Crippen LogP contribution is -2.58. The summed E-state index contributed by atoms with van der Waals surface area (Å²) in [5, 5.41) is 12.9. The van der Waals surface area contributed by atoms with Gasteiger partial charge in [0.1, 0.15) is 5.54 Å². The molecule has 0 aromatic heterocycles. The highest BCUT2D eigenvalue weighted by Gasteiger charge is 2.45. The van der Waals surface area contributed by atoms with E-state index in [4.69, 9.17) is 0 Å². The zero-order valence-electron chi connectivity index (χ0n) is 13.9. The van der Waals surface area contributed by atoms with Crippen molar-refractivity contribution < 1.29 is 9.90 Å². The first kappa shape index (κ1) is 16.7. The van der Waals surface area contributed by atoms with E-state index in [1.165, 1.54) is 0 Å². The Morgan fingerprint density at radius 1 is 1.43 bits per heavy atom. The number of nitrogens with one attached hydrogen (secondary N) is 1. The molecule has 0 radical (unpaired) electrons. The van der Waals surface area contributed by atoms with Gasteiger partial charge in [-0.15, -0.1) is 0 Å². The van der Waals surface area contributed by atoms with Crippen LogP contribution in [0.2, 0.25) is 0 Å². The first-order valence-electron chi connectivity index (χ1n) is 8.28. The molecule has 2 fully saturated rings. The maximum absolute atomic E-state index is 11.8. The summed E-state index contributed by atoms with van der Waals surface area (Å²) in [5.74, 6) is -0.0225. The van der Waals surface area contributed by atoms with Gasteiger partial charge in [-0.2, -0.15) is 0 Å². The van der Waals surface area contributed by atoms with Gasteiger partial charge in [-0.05, 0) is 52.2 Å². The Morgan fingerprint density at radius 2 is 2.14 bits per heavy atom. The fourth-order valence-corrected chi connectivity index (χ4v) is 4.28. The molecule has 0 spiro atoms. The van der Waals surface area contributed by atoms with Crippen molar-refractivity contribution >= 4 is 5.97 Å². The quantitative estimate of drug-likeness (QED) is 0.800. The number of hydrogen-bond acceptors (Lipinski definition) is 4. The van der Waals surface area contributed by atoms with Crippen molar-refractivity contribution in [3.05, 3.63) is 0 Å². The number of carboxylic acids is 1. The minimum Gasteiger partial charge on any atom is -0.480 e. The first-order valence-corrected chi connectivity index (χ1v) is 8.28. The summed E-state index contributed by atoms with van der Waals surface area (Å²) in [5.41, 5.74) is -0.711. The SMILES string of the molecule is CCNC1(C(=O)O)CCCC(N2CC(C)C(N(C)C)C2)C1. The molecule has 1 saturated heterocycles. The molecule has 0 amide bonds. The van der Waals surface area contributed by atoms with Crippen LogP contribution < -0.4 is 5.32 Å². The smallest absolute Gasteiger partial charge is 0.323 e. The zero-order valence-corrected chi connectivity index (χ0v) is 13.9. The summed E-state index contributed by atoms with van der Waals surface area (Å²) >= 11 is 0. The average Bonchev–Trinajstić information content (AvgIpc) is 2.81. The molecule has 1 saturated carbocycles. The van der Waals surface area contributed by atoms with Crippen molar-refractivity contribution in [1.82, 2.24) is 15.1 Å². The van der Waals surface area contributed by atoms with Crippen LogP contribution in [0.5, 0.6) is 0 Å². The molecule has 0 aromatic carbocycles. The predicted octanol–water partition coefficient (Wildman–Crippen LogP) is 1.24. The zero-order chi connectivity index (χ0) is 15.6. The molecule has 4 atom stereocenters. The number of aliphatic carboxylic acids is 1. The fourth-order valence-electron chi connectivity index (χ4n) is 4.28. The number of rotatable bonds is 5. The lowest BCUT2D eigenvalue weighted by atomic mass is 9.78. The van der Waals surface area contributed by atoms with E-state index in [-0.39, 0.29) is 0 Å². The number of hydrogen-bond donors (Lipinski definition) is 2. The average molecular weight is 297 g/mol. The van der Waals surface area contributed by atoms with Crippen LogP contribution >= 0.6 is 0 Å². The molecule has 2 N–H and O–H groups in total. The Balaban J connectivity index is 2.06. The molecule has 1 aliphatic carbocycles. The van der Waals surface area contributed by atoms with Gasteiger partial charge < -0.3 is 15.3 Å². The highest BCUT2D eigenvalue weighted by molar-refractivity contribution is 5.79. The van der Waals surface area contributed by atoms with Crippen molar-refractivity contribution in [3.63, 3.8) is 0 Å². The highest BCUT2D eigenvalue weighted by Crippen LogP contribution is 2.34. The van der Waals surface area contributed by atoms with E-state index < -0.39 is 11.5 Å². The third kappa shape index (κ3) is 3.41. The molecule has 5 nitrogen and oxygen atoms in total. The Morgan fingerprint density at radius 3 is 2.67 bits per heavy atom. The lowest BCUT2D eigenvalue weighted by Gasteiger charge is -2.41. The molecule has 1 aliphatic heterocycles. The minimum absolute atomic E-state index is 0.404. The van der Waals surface area contributed by atoms with Gasteiger partial charge in [-0.25, -0.2) is 0 Å². The molecule has 5 heteroatoms. The number of carboxylic acid groups (broad SMARTS) is 1. The van der Waals surface area contributed by atoms with Crippen molar-refractivity contribution in [2.45, 2.75) is 57.2 Å². The van der Waals surface area contributed by atoms with Crippen LogP contribution in [0, 0.1) is 5.92 Å². The molecular formula is C16H31N3O2. The van der Waals surface area contributed by atoms with Gasteiger partial charge in [0.2, 0.25) is 0 Å². The third-order valence-corrected chi connectivity index (χ3v) is 5.43. The van der Waals surface area contributed by atoms with E-state index in [0.29, 0.717) is 18.0 Å². The molecule has 4 unspecified atom stereocenters. The summed E-state index contributed by atoms with van der Waals surface area (Å²) in [6, 6.07) is 0.992. The number of nitrogens with zero attached hydrogens (tertiary/aromatic N) is 2. The van der Waals surface area contributed by atoms with Crippen molar-refractivity contribution in [2.24, 2.45) is 5.92 Å². The van der Waals surface area contributed by atoms with Gasteiger partial charge in [-0.3, -0.25) is 9.69 Å². The molecule has 122 valence electrons. The fraction of sp³-hybridized carbons (Fsp3) is 0.938. The topological polar surface area (TPSA) is 55.8 Å². The molecule has 1 heterocycles. The van der Waals surface area contributed by atoms with E-state index in [1.54, 1.807) is 0 Å². The maximum atomic E-state index is 11.8. The normalized spacial score (nSPS) is 38.0. The van der Waals surface area contributed by atoms with Crippen molar-refractivity contribution in [2.75, 3.05) is 33.7 Å². The van der Waals surface area contributed by atoms with E-state index in [2.05, 4.69) is 36.1 Å². The van der Waals surface area contributed by atoms with Crippen LogP contribution in [0.1, 0.15) is 39.5 Å². The summed E-state index contributed by atoms with van der Waals surface area (Å²) in [6.45, 7) is 7.18. The van der Waals surface area contributed by atoms with Gasteiger partial charge in [0.15, 0.2) is 0 Å². The van der Waals surface area contributed by atoms with Crippen LogP contribution in [0.25, 0.3) is 0 Å². The minimum atomic E-state index is -0.711. The van der Waals surface area contributed by atoms with Crippen LogP contribution in [0.4, 0.5) is 0 Å². The largest absolute Gasteiger partial charge is 0.480 e. The second-order valence-corrected chi connectivity index (χ2v) is 7.13. The maximum Gasteiger partial charge on any atom is 0.323 e. The number of carbonyl (C=O) groups is 1. The standard InChI is InChI=1S/C16H31N3O2/c1-5-17-16(15(20)21)8-6-7-13(9-16)19-10-12(2)14(11-19)18(3)4/h12-14,17H,5-11H2,1-4H3,(H,20,21). The Hall–Kier alpha value is -0.650. The van der Waals surface area contributed by atoms with E-state index in [9.17, 15) is 9.90 Å². The van der Waals surface area contributed by atoms with Crippen LogP contribution in [-0.4, -0.2) is 72.2 Å². The van der Waals surface area contributed by atoms with Crippen molar-refractivity contribution in [1.29, 1.82) is 0 Å². The second-order valence-electron chi connectivity index (χ2n) is 7.13. The van der Waals surface area contributed by atoms with Crippen LogP contribution in [0.3, 0.4) is 0 Å². The molecule has 21 heavy (non-hydrogen) atoms. The molecule has 0 aromatic rings. The number of likely N-dealkylation sites (tertiary alicyclic amines) is 1. The monoisotopic (exact) mass is 297 g/mol. The Bertz CT molecular complexity index is 371. The molecule has 0 bridgehead atoms. The van der Waals surface area contributed by atoms with Gasteiger partial charge in [0.25, 0.3) is 0 Å². The van der Waals surface area contributed by atoms with E-state index in [0.717, 1.165) is 45.3 Å². The second kappa shape index (κ2) is 6.63. The summed E-state index contributed by atoms with van der Waals surface area (Å²) in [6.07, 6.45) is 3.63. The van der Waals surface area contributed by atoms with Gasteiger partial charge in [0, 0.05) is 25.2 Å². The lowest BCUT2D eigenvalue weighted by molar-refractivity contribution is -0.147. The first-order chi connectivity index (χ1) is 9.89. The van der Waals surface area contributed by atoms with Crippen molar-refractivity contribution in [3.8, 4) is 0 Å². The summed E-state index contributed by atoms with van der Waals surface area (Å²) < 4.78 is 0. The third-order valence-electron chi connectivity index (χ3n) is 5.43. The summed E-state index contributed by atoms with van der Waals surface area (Å²) in [4.78, 5) is 16.6. The highest BCUT2D eigenvalue weighted by atomic mass is 16.4. The number of likely N-dealkylation sites (N-methyl/N-ethyl adjacent to an activating group) is 2. The van der Waals surface area contributed by atoms with Crippen LogP contribution in [-0.2, 0) is 4.79 Å². The van der Waals surface area contributed by atoms with E-state index in [1.807, 2.05) is 6.92 Å². The van der Waals surface area contributed by atoms with E-state index >= 15 is 0 Å².